The molecule has 0 aliphatic rings. The Hall–Kier alpha value is -3.37. The van der Waals surface area contributed by atoms with Gasteiger partial charge in [-0.3, -0.25) is 0 Å². The molecule has 0 spiro atoms. The third-order valence-corrected chi connectivity index (χ3v) is 5.23. The minimum absolute atomic E-state index is 0.218. The van der Waals surface area contributed by atoms with Gasteiger partial charge in [0.25, 0.3) is 0 Å². The maximum absolute atomic E-state index is 13.6. The van der Waals surface area contributed by atoms with Crippen LogP contribution in [0.3, 0.4) is 0 Å². The van der Waals surface area contributed by atoms with Gasteiger partial charge >= 0.3 is 6.03 Å². The van der Waals surface area contributed by atoms with Crippen LogP contribution in [0.2, 0.25) is 0 Å². The number of nitrogens with zero attached hydrogens (tertiary/aromatic N) is 3. The monoisotopic (exact) mass is 422 g/mol. The van der Waals surface area contributed by atoms with Gasteiger partial charge in [-0.25, -0.2) is 9.18 Å². The molecule has 6 nitrogen and oxygen atoms in total. The predicted octanol–water partition coefficient (Wildman–Crippen LogP) is 4.59. The minimum Gasteiger partial charge on any atom is -0.459 e. The smallest absolute Gasteiger partial charge is 0.318 e. The summed E-state index contributed by atoms with van der Waals surface area (Å²) in [6.45, 7) is 5.38. The van der Waals surface area contributed by atoms with Gasteiger partial charge in [0.05, 0.1) is 17.7 Å². The number of amides is 2. The summed E-state index contributed by atoms with van der Waals surface area (Å²) in [4.78, 5) is 16.8. The summed E-state index contributed by atoms with van der Waals surface area (Å²) in [5.74, 6) is 0.289. The molecule has 1 aromatic heterocycles. The van der Waals surface area contributed by atoms with Crippen molar-refractivity contribution in [2.45, 2.75) is 26.4 Å². The summed E-state index contributed by atoms with van der Waals surface area (Å²) in [5.41, 5.74) is 2.93. The molecule has 0 saturated carbocycles. The zero-order valence-electron chi connectivity index (χ0n) is 18.3. The molecule has 0 aliphatic carbocycles. The Bertz CT molecular complexity index is 1100. The van der Waals surface area contributed by atoms with Crippen LogP contribution in [0.4, 0.5) is 9.18 Å². The molecule has 1 N–H and O–H groups in total. The lowest BCUT2D eigenvalue weighted by Crippen LogP contribution is -2.43. The number of rotatable bonds is 7. The quantitative estimate of drug-likeness (QED) is 0.605. The topological polar surface area (TPSA) is 72.5 Å². The van der Waals surface area contributed by atoms with Gasteiger partial charge in [0.1, 0.15) is 17.2 Å². The second-order valence-electron chi connectivity index (χ2n) is 7.94. The molecule has 7 heteroatoms. The highest BCUT2D eigenvalue weighted by molar-refractivity contribution is 5.82. The average molecular weight is 423 g/mol. The number of nitrogens with one attached hydrogen (secondary N) is 1. The van der Waals surface area contributed by atoms with Crippen molar-refractivity contribution in [3.05, 3.63) is 70.7 Å². The second kappa shape index (κ2) is 9.63. The van der Waals surface area contributed by atoms with E-state index in [1.165, 1.54) is 12.1 Å². The molecule has 1 unspecified atom stereocenters. The molecule has 3 aromatic rings. The zero-order valence-corrected chi connectivity index (χ0v) is 18.3. The second-order valence-corrected chi connectivity index (χ2v) is 7.94. The summed E-state index contributed by atoms with van der Waals surface area (Å²) < 4.78 is 19.5. The molecule has 1 heterocycles. The van der Waals surface area contributed by atoms with Gasteiger partial charge in [0.2, 0.25) is 0 Å². The Balaban J connectivity index is 1.77. The van der Waals surface area contributed by atoms with E-state index in [4.69, 9.17) is 9.68 Å². The SMILES string of the molecule is Cc1c(C(C)NC(=O)N(CCN(C)C)Cc2ccc(C#N)cc2)oc2ccc(F)cc12. The summed E-state index contributed by atoms with van der Waals surface area (Å²) in [6, 6.07) is 13.1. The summed E-state index contributed by atoms with van der Waals surface area (Å²) in [6.07, 6.45) is 0. The Morgan fingerprint density at radius 2 is 1.90 bits per heavy atom. The maximum Gasteiger partial charge on any atom is 0.318 e. The molecule has 3 rings (SSSR count). The predicted molar refractivity (Wildman–Crippen MR) is 118 cm³/mol. The number of furan rings is 1. The first kappa shape index (κ1) is 22.3. The first-order valence-electron chi connectivity index (χ1n) is 10.2. The molecular weight excluding hydrogens is 395 g/mol. The summed E-state index contributed by atoms with van der Waals surface area (Å²) in [5, 5.41) is 12.7. The van der Waals surface area contributed by atoms with Crippen LogP contribution in [-0.2, 0) is 6.54 Å². The minimum atomic E-state index is -0.384. The van der Waals surface area contributed by atoms with Gasteiger partial charge in [-0.2, -0.15) is 5.26 Å². The van der Waals surface area contributed by atoms with Crippen molar-refractivity contribution in [3.8, 4) is 6.07 Å². The number of urea groups is 1. The average Bonchev–Trinajstić information content (AvgIpc) is 3.07. The van der Waals surface area contributed by atoms with Crippen molar-refractivity contribution in [3.63, 3.8) is 0 Å². The van der Waals surface area contributed by atoms with Crippen LogP contribution < -0.4 is 5.32 Å². The van der Waals surface area contributed by atoms with Crippen molar-refractivity contribution in [2.24, 2.45) is 0 Å². The lowest BCUT2D eigenvalue weighted by Gasteiger charge is -2.26. The molecule has 0 saturated heterocycles. The van der Waals surface area contributed by atoms with E-state index in [9.17, 15) is 9.18 Å². The van der Waals surface area contributed by atoms with Crippen LogP contribution in [0.1, 0.15) is 35.4 Å². The third-order valence-electron chi connectivity index (χ3n) is 5.23. The molecule has 1 atom stereocenters. The van der Waals surface area contributed by atoms with E-state index in [0.29, 0.717) is 41.9 Å². The first-order valence-corrected chi connectivity index (χ1v) is 10.2. The third kappa shape index (κ3) is 5.41. The lowest BCUT2D eigenvalue weighted by atomic mass is 10.1. The molecule has 0 radical (unpaired) electrons. The number of halogens is 1. The first-order chi connectivity index (χ1) is 14.8. The van der Waals surface area contributed by atoms with Gasteiger partial charge in [-0.15, -0.1) is 0 Å². The Labute approximate surface area is 181 Å². The van der Waals surface area contributed by atoms with Crippen LogP contribution in [0.15, 0.2) is 46.9 Å². The highest BCUT2D eigenvalue weighted by Crippen LogP contribution is 2.30. The Morgan fingerprint density at radius 1 is 1.19 bits per heavy atom. The van der Waals surface area contributed by atoms with E-state index in [1.54, 1.807) is 23.1 Å². The Morgan fingerprint density at radius 3 is 2.55 bits per heavy atom. The number of carbonyl (C=O) groups excluding carboxylic acids is 1. The standard InChI is InChI=1S/C24H27FN4O2/c1-16-21-13-20(25)9-10-22(21)31-23(16)17(2)27-24(30)29(12-11-28(3)4)15-19-7-5-18(14-26)6-8-19/h5-10,13,17H,11-12,15H2,1-4H3,(H,27,30). The van der Waals surface area contributed by atoms with Crippen LogP contribution >= 0.6 is 0 Å². The number of benzene rings is 2. The van der Waals surface area contributed by atoms with Crippen molar-refractivity contribution >= 4 is 17.0 Å². The van der Waals surface area contributed by atoms with Gasteiger partial charge in [-0.1, -0.05) is 12.1 Å². The number of carbonyl (C=O) groups is 1. The number of hydrogen-bond acceptors (Lipinski definition) is 4. The molecule has 0 fully saturated rings. The van der Waals surface area contributed by atoms with Gasteiger partial charge < -0.3 is 19.5 Å². The molecule has 162 valence electrons. The van der Waals surface area contributed by atoms with Gasteiger partial charge in [-0.05, 0) is 63.8 Å². The molecule has 31 heavy (non-hydrogen) atoms. The van der Waals surface area contributed by atoms with E-state index in [1.807, 2.05) is 45.0 Å². The highest BCUT2D eigenvalue weighted by atomic mass is 19.1. The fraction of sp³-hybridized carbons (Fsp3) is 0.333. The highest BCUT2D eigenvalue weighted by Gasteiger charge is 2.22. The van der Waals surface area contributed by atoms with Crippen molar-refractivity contribution in [1.29, 1.82) is 5.26 Å². The molecule has 2 aromatic carbocycles. The fourth-order valence-electron chi connectivity index (χ4n) is 3.45. The Kier molecular flexibility index (Phi) is 6.93. The van der Waals surface area contributed by atoms with Crippen LogP contribution in [0, 0.1) is 24.1 Å². The van der Waals surface area contributed by atoms with E-state index in [2.05, 4.69) is 11.4 Å². The van der Waals surface area contributed by atoms with Crippen molar-refractivity contribution < 1.29 is 13.6 Å². The van der Waals surface area contributed by atoms with Crippen LogP contribution in [0.5, 0.6) is 0 Å². The number of hydrogen-bond donors (Lipinski definition) is 1. The van der Waals surface area contributed by atoms with Gasteiger partial charge in [0, 0.05) is 30.6 Å². The summed E-state index contributed by atoms with van der Waals surface area (Å²) in [7, 11) is 3.91. The number of aryl methyl sites for hydroxylation is 1. The van der Waals surface area contributed by atoms with Crippen LogP contribution in [0.25, 0.3) is 11.0 Å². The van der Waals surface area contributed by atoms with E-state index < -0.39 is 0 Å². The van der Waals surface area contributed by atoms with Crippen LogP contribution in [-0.4, -0.2) is 43.0 Å². The summed E-state index contributed by atoms with van der Waals surface area (Å²) >= 11 is 0. The van der Waals surface area contributed by atoms with E-state index in [-0.39, 0.29) is 17.9 Å². The maximum atomic E-state index is 13.6. The largest absolute Gasteiger partial charge is 0.459 e. The van der Waals surface area contributed by atoms with Crippen molar-refractivity contribution in [2.75, 3.05) is 27.2 Å². The van der Waals surface area contributed by atoms with E-state index in [0.717, 1.165) is 11.1 Å². The van der Waals surface area contributed by atoms with Crippen molar-refractivity contribution in [1.82, 2.24) is 15.1 Å². The number of likely N-dealkylation sites (N-methyl/N-ethyl adjacent to an activating group) is 1. The zero-order chi connectivity index (χ0) is 22.5. The molecule has 0 aliphatic heterocycles. The molecular formula is C24H27FN4O2. The normalized spacial score (nSPS) is 12.0. The fourth-order valence-corrected chi connectivity index (χ4v) is 3.45. The molecule has 0 bridgehead atoms. The number of fused-ring (bicyclic) bond motifs is 1. The van der Waals surface area contributed by atoms with E-state index >= 15 is 0 Å². The number of nitriles is 1. The lowest BCUT2D eigenvalue weighted by molar-refractivity contribution is 0.184. The van der Waals surface area contributed by atoms with Gasteiger partial charge in [0.15, 0.2) is 0 Å². The molecule has 2 amide bonds.